The van der Waals surface area contributed by atoms with Gasteiger partial charge in [0.15, 0.2) is 18.4 Å². The summed E-state index contributed by atoms with van der Waals surface area (Å²) in [6, 6.07) is -3.88. The zero-order chi connectivity index (χ0) is 26.2. The molecule has 0 aromatic carbocycles. The summed E-state index contributed by atoms with van der Waals surface area (Å²) in [5, 5.41) is 5.34. The predicted octanol–water partition coefficient (Wildman–Crippen LogP) is 0.172. The molecule has 0 spiro atoms. The van der Waals surface area contributed by atoms with Crippen molar-refractivity contribution in [2.24, 2.45) is 5.11 Å². The van der Waals surface area contributed by atoms with Crippen molar-refractivity contribution >= 4 is 29.8 Å². The number of hydrogen-bond donors (Lipinski definition) is 1. The third-order valence-electron chi connectivity index (χ3n) is 4.46. The van der Waals surface area contributed by atoms with Crippen LogP contribution in [0.2, 0.25) is 0 Å². The highest BCUT2D eigenvalue weighted by molar-refractivity contribution is 5.79. The number of rotatable bonds is 9. The first-order chi connectivity index (χ1) is 15.8. The summed E-state index contributed by atoms with van der Waals surface area (Å²) in [5.41, 5.74) is 8.89. The predicted molar refractivity (Wildman–Crippen MR) is 104 cm³/mol. The molecule has 1 amide bonds. The molecule has 5 unspecified atom stereocenters. The van der Waals surface area contributed by atoms with E-state index in [-0.39, 0.29) is 0 Å². The molecule has 0 aliphatic carbocycles. The van der Waals surface area contributed by atoms with Crippen LogP contribution >= 0.6 is 0 Å². The number of hydrogen-bond acceptors (Lipinski definition) is 11. The van der Waals surface area contributed by atoms with Crippen molar-refractivity contribution < 1.29 is 56.4 Å². The summed E-state index contributed by atoms with van der Waals surface area (Å²) < 4.78 is 54.9. The maximum absolute atomic E-state index is 15.5. The molecule has 1 fully saturated rings. The number of ether oxygens (including phenoxy) is 5. The summed E-state index contributed by atoms with van der Waals surface area (Å²) in [7, 11) is 0.725. The molecule has 7 atom stereocenters. The summed E-state index contributed by atoms with van der Waals surface area (Å²) in [5.74, 6) is -9.44. The Hall–Kier alpha value is -3.52. The Morgan fingerprint density at radius 3 is 2.15 bits per heavy atom. The van der Waals surface area contributed by atoms with Crippen LogP contribution in [-0.4, -0.2) is 85.9 Å². The number of esters is 4. The van der Waals surface area contributed by atoms with E-state index < -0.39 is 78.8 Å². The van der Waals surface area contributed by atoms with Gasteiger partial charge < -0.3 is 29.0 Å². The summed E-state index contributed by atoms with van der Waals surface area (Å²) in [6.07, 6.45) is -8.58. The molecule has 1 rings (SSSR count). The minimum atomic E-state index is -3.89. The van der Waals surface area contributed by atoms with Crippen LogP contribution in [0.1, 0.15) is 27.7 Å². The molecule has 16 heteroatoms. The molecule has 34 heavy (non-hydrogen) atoms. The van der Waals surface area contributed by atoms with Crippen molar-refractivity contribution in [3.8, 4) is 0 Å². The van der Waals surface area contributed by atoms with E-state index >= 15 is 8.78 Å². The molecule has 14 nitrogen and oxygen atoms in total. The number of nitrogens with zero attached hydrogens (tertiary/aromatic N) is 3. The zero-order valence-electron chi connectivity index (χ0n) is 18.9. The number of methoxy groups -OCH3 is 1. The highest BCUT2D eigenvalue weighted by Crippen LogP contribution is 2.39. The standard InChI is InChI=1S/C18H24F2N4O10/c1-7(25)22-12-13(23-24-21)16(19)18(20,17(29)30-5)34-15(12)14(33-10(4)28)11(32-9(3)27)6-31-8(2)26/h11-16H,6H2,1-5H3,(H,22,25)/t11-,12?,13?,14-,15?,16?,18?/m1/s1. The Kier molecular flexibility index (Phi) is 10.1. The van der Waals surface area contributed by atoms with Crippen LogP contribution in [0.15, 0.2) is 5.11 Å². The van der Waals surface area contributed by atoms with Crippen molar-refractivity contribution in [3.05, 3.63) is 10.4 Å². The van der Waals surface area contributed by atoms with Crippen LogP contribution in [0.3, 0.4) is 0 Å². The fraction of sp³-hybridized carbons (Fsp3) is 0.722. The maximum Gasteiger partial charge on any atom is 0.375 e. The summed E-state index contributed by atoms with van der Waals surface area (Å²) in [4.78, 5) is 61.1. The summed E-state index contributed by atoms with van der Waals surface area (Å²) >= 11 is 0. The molecule has 1 aliphatic rings. The Bertz CT molecular complexity index is 868. The zero-order valence-corrected chi connectivity index (χ0v) is 18.9. The van der Waals surface area contributed by atoms with E-state index in [1.54, 1.807) is 0 Å². The van der Waals surface area contributed by atoms with E-state index in [1.807, 2.05) is 0 Å². The fourth-order valence-corrected chi connectivity index (χ4v) is 3.25. The van der Waals surface area contributed by atoms with Gasteiger partial charge in [-0.2, -0.15) is 4.39 Å². The first-order valence-electron chi connectivity index (χ1n) is 9.66. The van der Waals surface area contributed by atoms with Crippen LogP contribution in [-0.2, 0) is 47.7 Å². The topological polar surface area (TPSA) is 192 Å². The van der Waals surface area contributed by atoms with Crippen molar-refractivity contribution in [1.29, 1.82) is 0 Å². The largest absolute Gasteiger partial charge is 0.465 e. The average Bonchev–Trinajstić information content (AvgIpc) is 2.73. The smallest absolute Gasteiger partial charge is 0.375 e. The third-order valence-corrected chi connectivity index (χ3v) is 4.46. The number of azide groups is 1. The lowest BCUT2D eigenvalue weighted by Crippen LogP contribution is -2.71. The molecule has 1 heterocycles. The van der Waals surface area contributed by atoms with Crippen LogP contribution < -0.4 is 5.32 Å². The maximum atomic E-state index is 15.5. The van der Waals surface area contributed by atoms with E-state index in [9.17, 15) is 24.0 Å². The van der Waals surface area contributed by atoms with E-state index in [0.29, 0.717) is 0 Å². The third kappa shape index (κ3) is 6.99. The summed E-state index contributed by atoms with van der Waals surface area (Å²) in [6.45, 7) is 3.11. The monoisotopic (exact) mass is 494 g/mol. The molecule has 1 aliphatic heterocycles. The van der Waals surface area contributed by atoms with Gasteiger partial charge in [0, 0.05) is 32.6 Å². The number of amides is 1. The molecule has 190 valence electrons. The van der Waals surface area contributed by atoms with Gasteiger partial charge in [-0.05, 0) is 5.53 Å². The second kappa shape index (κ2) is 12.1. The number of alkyl halides is 2. The second-order valence-corrected chi connectivity index (χ2v) is 7.07. The molecule has 1 saturated heterocycles. The number of carbonyl (C=O) groups excluding carboxylic acids is 5. The first kappa shape index (κ1) is 28.5. The fourth-order valence-electron chi connectivity index (χ4n) is 3.25. The van der Waals surface area contributed by atoms with Gasteiger partial charge >= 0.3 is 29.7 Å². The molecule has 0 bridgehead atoms. The van der Waals surface area contributed by atoms with Crippen LogP contribution in [0.25, 0.3) is 10.4 Å². The lowest BCUT2D eigenvalue weighted by molar-refractivity contribution is -0.280. The highest BCUT2D eigenvalue weighted by atomic mass is 19.2. The van der Waals surface area contributed by atoms with Gasteiger partial charge in [-0.1, -0.05) is 5.11 Å². The first-order valence-corrected chi connectivity index (χ1v) is 9.66. The van der Waals surface area contributed by atoms with Crippen molar-refractivity contribution in [2.75, 3.05) is 13.7 Å². The number of halogens is 2. The van der Waals surface area contributed by atoms with Gasteiger partial charge in [-0.15, -0.1) is 0 Å². The van der Waals surface area contributed by atoms with Crippen molar-refractivity contribution in [3.63, 3.8) is 0 Å². The molecule has 0 saturated carbocycles. The molecule has 0 radical (unpaired) electrons. The number of carbonyl (C=O) groups is 5. The van der Waals surface area contributed by atoms with E-state index in [2.05, 4.69) is 20.1 Å². The van der Waals surface area contributed by atoms with E-state index in [1.165, 1.54) is 0 Å². The van der Waals surface area contributed by atoms with Gasteiger partial charge in [0.05, 0.1) is 19.2 Å². The Labute approximate surface area is 191 Å². The quantitative estimate of drug-likeness (QED) is 0.152. The molecule has 0 aromatic rings. The normalized spacial score (nSPS) is 27.7. The van der Waals surface area contributed by atoms with E-state index in [4.69, 9.17) is 24.5 Å². The van der Waals surface area contributed by atoms with Gasteiger partial charge in [0.25, 0.3) is 0 Å². The van der Waals surface area contributed by atoms with Crippen molar-refractivity contribution in [1.82, 2.24) is 5.32 Å². The Morgan fingerprint density at radius 1 is 1.12 bits per heavy atom. The van der Waals surface area contributed by atoms with Gasteiger partial charge in [0.2, 0.25) is 5.91 Å². The molecular weight excluding hydrogens is 470 g/mol. The van der Waals surface area contributed by atoms with Crippen LogP contribution in [0, 0.1) is 0 Å². The lowest BCUT2D eigenvalue weighted by Gasteiger charge is -2.47. The SMILES string of the molecule is COC(=O)C1(F)OC([C@H](OC(C)=O)[C@@H](COC(C)=O)OC(C)=O)C(NC(C)=O)C(N=[N+]=[N-])C1F. The highest BCUT2D eigenvalue weighted by Gasteiger charge is 2.64. The molecule has 0 aromatic heterocycles. The number of nitrogens with one attached hydrogen (secondary N) is 1. The average molecular weight is 494 g/mol. The molecule has 1 N–H and O–H groups in total. The van der Waals surface area contributed by atoms with Gasteiger partial charge in [-0.3, -0.25) is 19.2 Å². The van der Waals surface area contributed by atoms with Crippen LogP contribution in [0.4, 0.5) is 8.78 Å². The minimum absolute atomic E-state index is 0.725. The van der Waals surface area contributed by atoms with E-state index in [0.717, 1.165) is 34.8 Å². The molecular formula is C18H24F2N4O10. The lowest BCUT2D eigenvalue weighted by atomic mass is 9.86. The van der Waals surface area contributed by atoms with Crippen molar-refractivity contribution in [2.45, 2.75) is 70.1 Å². The second-order valence-electron chi connectivity index (χ2n) is 7.07. The van der Waals surface area contributed by atoms with Gasteiger partial charge in [-0.25, -0.2) is 9.18 Å². The van der Waals surface area contributed by atoms with Crippen LogP contribution in [0.5, 0.6) is 0 Å². The minimum Gasteiger partial charge on any atom is -0.465 e. The van der Waals surface area contributed by atoms with Gasteiger partial charge in [0.1, 0.15) is 12.7 Å². The Balaban J connectivity index is 3.73. The Morgan fingerprint density at radius 2 is 1.71 bits per heavy atom.